The number of carboxylic acid groups (broad SMARTS) is 1. The zero-order valence-electron chi connectivity index (χ0n) is 10.5. The average Bonchev–Trinajstić information content (AvgIpc) is 2.65. The van der Waals surface area contributed by atoms with E-state index < -0.39 is 5.97 Å². The lowest BCUT2D eigenvalue weighted by atomic mass is 9.97. The second-order valence-corrected chi connectivity index (χ2v) is 5.61. The summed E-state index contributed by atoms with van der Waals surface area (Å²) < 4.78 is 5.61. The second kappa shape index (κ2) is 6.23. The molecule has 104 valence electrons. The van der Waals surface area contributed by atoms with E-state index in [4.69, 9.17) is 9.52 Å². The molecule has 19 heavy (non-hydrogen) atoms. The zero-order chi connectivity index (χ0) is 13.8. The molecule has 0 radical (unpaired) electrons. The van der Waals surface area contributed by atoms with Crippen LogP contribution in [0.3, 0.4) is 0 Å². The summed E-state index contributed by atoms with van der Waals surface area (Å²) >= 11 is 3.17. The Labute approximate surface area is 119 Å². The minimum atomic E-state index is -0.761. The van der Waals surface area contributed by atoms with E-state index in [0.29, 0.717) is 23.3 Å². The quantitative estimate of drug-likeness (QED) is 0.925. The Morgan fingerprint density at radius 1 is 1.42 bits per heavy atom. The molecule has 1 aromatic heterocycles. The van der Waals surface area contributed by atoms with Crippen molar-refractivity contribution in [2.45, 2.75) is 25.7 Å². The van der Waals surface area contributed by atoms with E-state index in [-0.39, 0.29) is 18.2 Å². The average molecular weight is 330 g/mol. The molecule has 0 saturated carbocycles. The number of carboxylic acids is 1. The van der Waals surface area contributed by atoms with Crippen LogP contribution in [0.2, 0.25) is 0 Å². The SMILES string of the molecule is O=C(O)CC1CCCN(C(=O)c2coc(Br)c2)CC1. The van der Waals surface area contributed by atoms with E-state index in [2.05, 4.69) is 15.9 Å². The number of aliphatic carboxylic acids is 1. The van der Waals surface area contributed by atoms with Gasteiger partial charge < -0.3 is 14.4 Å². The molecule has 1 unspecified atom stereocenters. The third kappa shape index (κ3) is 3.83. The van der Waals surface area contributed by atoms with Crippen LogP contribution >= 0.6 is 15.9 Å². The molecule has 1 N–H and O–H groups in total. The van der Waals surface area contributed by atoms with Gasteiger partial charge in [0.15, 0.2) is 4.67 Å². The zero-order valence-corrected chi connectivity index (χ0v) is 12.1. The number of furan rings is 1. The summed E-state index contributed by atoms with van der Waals surface area (Å²) in [5.41, 5.74) is 0.531. The molecule has 5 nitrogen and oxygen atoms in total. The van der Waals surface area contributed by atoms with Crippen molar-refractivity contribution in [2.24, 2.45) is 5.92 Å². The molecule has 1 amide bonds. The monoisotopic (exact) mass is 329 g/mol. The van der Waals surface area contributed by atoms with Crippen molar-refractivity contribution >= 4 is 27.8 Å². The largest absolute Gasteiger partial charge is 0.481 e. The standard InChI is InChI=1S/C13H16BrNO4/c14-11-7-10(8-19-11)13(18)15-4-1-2-9(3-5-15)6-12(16)17/h7-9H,1-6H2,(H,16,17). The Kier molecular flexibility index (Phi) is 4.63. The van der Waals surface area contributed by atoms with Crippen LogP contribution in [0.5, 0.6) is 0 Å². The van der Waals surface area contributed by atoms with Gasteiger partial charge in [0.2, 0.25) is 0 Å². The molecule has 2 rings (SSSR count). The number of carbonyl (C=O) groups is 2. The predicted molar refractivity (Wildman–Crippen MR) is 71.9 cm³/mol. The summed E-state index contributed by atoms with van der Waals surface area (Å²) in [7, 11) is 0. The van der Waals surface area contributed by atoms with Crippen LogP contribution < -0.4 is 0 Å². The highest BCUT2D eigenvalue weighted by molar-refractivity contribution is 9.10. The van der Waals surface area contributed by atoms with Crippen molar-refractivity contribution in [3.05, 3.63) is 22.6 Å². The van der Waals surface area contributed by atoms with Crippen molar-refractivity contribution in [1.82, 2.24) is 4.90 Å². The Balaban J connectivity index is 1.95. The first-order valence-corrected chi connectivity index (χ1v) is 7.10. The summed E-state index contributed by atoms with van der Waals surface area (Å²) in [6, 6.07) is 1.65. The normalized spacial score (nSPS) is 20.1. The summed E-state index contributed by atoms with van der Waals surface area (Å²) in [6.07, 6.45) is 4.09. The summed E-state index contributed by atoms with van der Waals surface area (Å²) in [4.78, 5) is 24.7. The lowest BCUT2D eigenvalue weighted by Crippen LogP contribution is -2.31. The molecule has 0 aliphatic carbocycles. The van der Waals surface area contributed by atoms with Gasteiger partial charge in [-0.25, -0.2) is 0 Å². The van der Waals surface area contributed by atoms with Crippen LogP contribution in [0.15, 0.2) is 21.4 Å². The number of rotatable bonds is 3. The number of carbonyl (C=O) groups excluding carboxylic acids is 1. The number of likely N-dealkylation sites (tertiary alicyclic amines) is 1. The molecule has 1 atom stereocenters. The smallest absolute Gasteiger partial charge is 0.303 e. The molecule has 6 heteroatoms. The van der Waals surface area contributed by atoms with E-state index in [1.807, 2.05) is 0 Å². The first-order valence-electron chi connectivity index (χ1n) is 6.31. The van der Waals surface area contributed by atoms with Crippen molar-refractivity contribution in [2.75, 3.05) is 13.1 Å². The van der Waals surface area contributed by atoms with Gasteiger partial charge in [0.05, 0.1) is 5.56 Å². The van der Waals surface area contributed by atoms with Gasteiger partial charge in [-0.15, -0.1) is 0 Å². The van der Waals surface area contributed by atoms with Gasteiger partial charge in [0, 0.05) is 25.6 Å². The number of hydrogen-bond donors (Lipinski definition) is 1. The Morgan fingerprint density at radius 3 is 2.84 bits per heavy atom. The van der Waals surface area contributed by atoms with Crippen molar-refractivity contribution in [3.63, 3.8) is 0 Å². The van der Waals surface area contributed by atoms with Crippen LogP contribution in [0.4, 0.5) is 0 Å². The highest BCUT2D eigenvalue weighted by Crippen LogP contribution is 2.23. The predicted octanol–water partition coefficient (Wildman–Crippen LogP) is 2.76. The maximum Gasteiger partial charge on any atom is 0.303 e. The number of nitrogens with zero attached hydrogens (tertiary/aromatic N) is 1. The molecule has 2 heterocycles. The van der Waals surface area contributed by atoms with E-state index >= 15 is 0 Å². The molecular formula is C13H16BrNO4. The summed E-state index contributed by atoms with van der Waals surface area (Å²) in [6.45, 7) is 1.29. The highest BCUT2D eigenvalue weighted by atomic mass is 79.9. The summed E-state index contributed by atoms with van der Waals surface area (Å²) in [5, 5.41) is 8.82. The Bertz CT molecular complexity index is 471. The fourth-order valence-corrected chi connectivity index (χ4v) is 2.76. The van der Waals surface area contributed by atoms with E-state index in [1.165, 1.54) is 6.26 Å². The Morgan fingerprint density at radius 2 is 2.21 bits per heavy atom. The van der Waals surface area contributed by atoms with Crippen molar-refractivity contribution in [3.8, 4) is 0 Å². The number of hydrogen-bond acceptors (Lipinski definition) is 3. The van der Waals surface area contributed by atoms with Gasteiger partial charge in [0.1, 0.15) is 6.26 Å². The molecule has 1 aliphatic heterocycles. The minimum absolute atomic E-state index is 0.0505. The van der Waals surface area contributed by atoms with Crippen LogP contribution in [-0.4, -0.2) is 35.0 Å². The third-order valence-electron chi connectivity index (χ3n) is 3.41. The fourth-order valence-electron chi connectivity index (χ4n) is 2.42. The third-order valence-corrected chi connectivity index (χ3v) is 3.83. The van der Waals surface area contributed by atoms with Crippen LogP contribution in [0.1, 0.15) is 36.0 Å². The lowest BCUT2D eigenvalue weighted by Gasteiger charge is -2.19. The molecule has 1 saturated heterocycles. The van der Waals surface area contributed by atoms with Gasteiger partial charge >= 0.3 is 5.97 Å². The molecule has 1 aliphatic rings. The highest BCUT2D eigenvalue weighted by Gasteiger charge is 2.23. The number of amides is 1. The minimum Gasteiger partial charge on any atom is -0.481 e. The van der Waals surface area contributed by atoms with Gasteiger partial charge in [-0.2, -0.15) is 0 Å². The lowest BCUT2D eigenvalue weighted by molar-refractivity contribution is -0.138. The van der Waals surface area contributed by atoms with Crippen LogP contribution in [0.25, 0.3) is 0 Å². The van der Waals surface area contributed by atoms with Gasteiger partial charge in [-0.3, -0.25) is 9.59 Å². The molecule has 0 spiro atoms. The Hall–Kier alpha value is -1.30. The van der Waals surface area contributed by atoms with Crippen molar-refractivity contribution < 1.29 is 19.1 Å². The molecule has 1 aromatic rings. The van der Waals surface area contributed by atoms with Gasteiger partial charge in [-0.05, 0) is 41.1 Å². The molecule has 0 aromatic carbocycles. The van der Waals surface area contributed by atoms with Gasteiger partial charge in [0.25, 0.3) is 5.91 Å². The fraction of sp³-hybridized carbons (Fsp3) is 0.538. The number of halogens is 1. The maximum atomic E-state index is 12.2. The first kappa shape index (κ1) is 14.1. The van der Waals surface area contributed by atoms with E-state index in [1.54, 1.807) is 11.0 Å². The molecule has 0 bridgehead atoms. The van der Waals surface area contributed by atoms with Crippen LogP contribution in [0, 0.1) is 5.92 Å². The summed E-state index contributed by atoms with van der Waals surface area (Å²) in [5.74, 6) is -0.639. The van der Waals surface area contributed by atoms with Crippen LogP contribution in [-0.2, 0) is 4.79 Å². The second-order valence-electron chi connectivity index (χ2n) is 4.83. The van der Waals surface area contributed by atoms with E-state index in [0.717, 1.165) is 19.3 Å². The molecule has 1 fully saturated rings. The van der Waals surface area contributed by atoms with E-state index in [9.17, 15) is 9.59 Å². The van der Waals surface area contributed by atoms with Gasteiger partial charge in [-0.1, -0.05) is 0 Å². The first-order chi connectivity index (χ1) is 9.06. The topological polar surface area (TPSA) is 70.8 Å². The maximum absolute atomic E-state index is 12.2. The van der Waals surface area contributed by atoms with Crippen molar-refractivity contribution in [1.29, 1.82) is 0 Å². The molecular weight excluding hydrogens is 314 g/mol.